The van der Waals surface area contributed by atoms with Crippen LogP contribution < -0.4 is 5.32 Å². The number of carbonyl (C=O) groups excluding carboxylic acids is 1. The molecule has 4 heterocycles. The zero-order valence-corrected chi connectivity index (χ0v) is 15.9. The molecule has 4 nitrogen and oxygen atoms in total. The van der Waals surface area contributed by atoms with Gasteiger partial charge in [-0.15, -0.1) is 11.3 Å². The number of benzene rings is 1. The summed E-state index contributed by atoms with van der Waals surface area (Å²) < 4.78 is 0.785. The number of hydrogen-bond donors (Lipinski definition) is 1. The fourth-order valence-electron chi connectivity index (χ4n) is 4.38. The molecule has 3 aliphatic heterocycles. The number of halogens is 1. The van der Waals surface area contributed by atoms with Gasteiger partial charge in [0.2, 0.25) is 0 Å². The van der Waals surface area contributed by atoms with Crippen LogP contribution in [-0.4, -0.2) is 35.5 Å². The lowest BCUT2D eigenvalue weighted by atomic mass is 9.72. The van der Waals surface area contributed by atoms with Crippen LogP contribution in [0.3, 0.4) is 0 Å². The van der Waals surface area contributed by atoms with E-state index in [4.69, 9.17) is 11.6 Å². The van der Waals surface area contributed by atoms with E-state index in [0.717, 1.165) is 36.0 Å². The first kappa shape index (κ1) is 16.8. The predicted octanol–water partition coefficient (Wildman–Crippen LogP) is 4.03. The Morgan fingerprint density at radius 1 is 1.40 bits per heavy atom. The molecule has 5 rings (SSSR count). The second-order valence-corrected chi connectivity index (χ2v) is 8.95. The Labute approximate surface area is 156 Å². The van der Waals surface area contributed by atoms with Crippen LogP contribution in [0.2, 0.25) is 5.02 Å². The van der Waals surface area contributed by atoms with Gasteiger partial charge in [0.05, 0.1) is 20.2 Å². The van der Waals surface area contributed by atoms with Crippen LogP contribution in [0.1, 0.15) is 41.9 Å². The van der Waals surface area contributed by atoms with Gasteiger partial charge in [-0.25, -0.2) is 0 Å². The molecule has 1 unspecified atom stereocenters. The average Bonchev–Trinajstić information content (AvgIpc) is 3.02. The number of amides is 1. The Morgan fingerprint density at radius 2 is 2.12 bits per heavy atom. The maximum absolute atomic E-state index is 12.9. The van der Waals surface area contributed by atoms with E-state index in [-0.39, 0.29) is 17.5 Å². The summed E-state index contributed by atoms with van der Waals surface area (Å²) in [6, 6.07) is 7.75. The van der Waals surface area contributed by atoms with Gasteiger partial charge < -0.3 is 5.32 Å². The molecule has 0 aliphatic carbocycles. The van der Waals surface area contributed by atoms with Crippen molar-refractivity contribution in [1.82, 2.24) is 10.2 Å². The molecule has 2 bridgehead atoms. The van der Waals surface area contributed by atoms with Gasteiger partial charge in [-0.3, -0.25) is 9.69 Å². The van der Waals surface area contributed by atoms with Crippen molar-refractivity contribution in [2.45, 2.75) is 38.3 Å². The molecule has 0 saturated carbocycles. The van der Waals surface area contributed by atoms with Crippen LogP contribution in [0.25, 0.3) is 10.1 Å². The number of nitriles is 1. The first-order chi connectivity index (χ1) is 11.9. The van der Waals surface area contributed by atoms with Crippen LogP contribution >= 0.6 is 22.9 Å². The van der Waals surface area contributed by atoms with Crippen LogP contribution in [0.15, 0.2) is 18.2 Å². The molecular formula is C19H20ClN3OS. The summed E-state index contributed by atoms with van der Waals surface area (Å²) in [7, 11) is 0. The van der Waals surface area contributed by atoms with E-state index in [0.29, 0.717) is 21.4 Å². The SMILES string of the molecule is CC1(C)C(NC(=O)c2cc3ccc(Cl)c(C#N)c3s2)C2CCN1CC2. The van der Waals surface area contributed by atoms with Crippen molar-refractivity contribution in [3.63, 3.8) is 0 Å². The smallest absolute Gasteiger partial charge is 0.261 e. The normalized spacial score (nSPS) is 27.2. The zero-order chi connectivity index (χ0) is 17.8. The van der Waals surface area contributed by atoms with E-state index in [1.807, 2.05) is 12.1 Å². The molecule has 1 aromatic heterocycles. The van der Waals surface area contributed by atoms with Crippen molar-refractivity contribution >= 4 is 38.9 Å². The maximum atomic E-state index is 12.9. The fraction of sp³-hybridized carbons (Fsp3) is 0.474. The van der Waals surface area contributed by atoms with Gasteiger partial charge in [-0.05, 0) is 63.2 Å². The number of rotatable bonds is 2. The first-order valence-electron chi connectivity index (χ1n) is 8.60. The molecule has 25 heavy (non-hydrogen) atoms. The second kappa shape index (κ2) is 5.98. The fourth-order valence-corrected chi connectivity index (χ4v) is 5.70. The highest BCUT2D eigenvalue weighted by atomic mass is 35.5. The highest BCUT2D eigenvalue weighted by Gasteiger charge is 2.48. The molecule has 3 fully saturated rings. The van der Waals surface area contributed by atoms with Gasteiger partial charge in [0.25, 0.3) is 5.91 Å². The van der Waals surface area contributed by atoms with Gasteiger partial charge in [0, 0.05) is 11.6 Å². The first-order valence-corrected chi connectivity index (χ1v) is 9.79. The van der Waals surface area contributed by atoms with Gasteiger partial charge in [-0.1, -0.05) is 17.7 Å². The number of nitrogens with one attached hydrogen (secondary N) is 1. The molecule has 0 spiro atoms. The molecule has 3 aliphatic rings. The zero-order valence-electron chi connectivity index (χ0n) is 14.3. The van der Waals surface area contributed by atoms with Gasteiger partial charge >= 0.3 is 0 Å². The van der Waals surface area contributed by atoms with E-state index >= 15 is 0 Å². The van der Waals surface area contributed by atoms with Crippen molar-refractivity contribution in [2.75, 3.05) is 13.1 Å². The van der Waals surface area contributed by atoms with E-state index in [9.17, 15) is 10.1 Å². The number of piperidine rings is 3. The third-order valence-electron chi connectivity index (χ3n) is 5.85. The second-order valence-electron chi connectivity index (χ2n) is 7.49. The highest BCUT2D eigenvalue weighted by Crippen LogP contribution is 2.39. The van der Waals surface area contributed by atoms with Crippen molar-refractivity contribution in [3.8, 4) is 6.07 Å². The van der Waals surface area contributed by atoms with Crippen LogP contribution in [-0.2, 0) is 0 Å². The summed E-state index contributed by atoms with van der Waals surface area (Å²) in [4.78, 5) is 16.0. The van der Waals surface area contributed by atoms with E-state index < -0.39 is 0 Å². The molecule has 3 saturated heterocycles. The van der Waals surface area contributed by atoms with Gasteiger partial charge in [0.1, 0.15) is 6.07 Å². The Balaban J connectivity index is 1.64. The summed E-state index contributed by atoms with van der Waals surface area (Å²) in [6.45, 7) is 6.69. The molecule has 1 N–H and O–H groups in total. The lowest BCUT2D eigenvalue weighted by Gasteiger charge is -2.56. The number of hydrogen-bond acceptors (Lipinski definition) is 4. The minimum atomic E-state index is -0.0481. The Morgan fingerprint density at radius 3 is 2.76 bits per heavy atom. The number of thiophene rings is 1. The summed E-state index contributed by atoms with van der Waals surface area (Å²) >= 11 is 7.45. The van der Waals surface area contributed by atoms with Crippen LogP contribution in [0, 0.1) is 17.2 Å². The van der Waals surface area contributed by atoms with Crippen LogP contribution in [0.5, 0.6) is 0 Å². The summed E-state index contributed by atoms with van der Waals surface area (Å²) in [5, 5.41) is 13.9. The molecule has 0 radical (unpaired) electrons. The standard InChI is InChI=1S/C19H20ClN3OS/c1-19(2)17(11-5-7-23(19)8-6-11)22-18(24)15-9-12-3-4-14(20)13(10-21)16(12)25-15/h3-4,9,11,17H,5-8H2,1-2H3,(H,22,24). The van der Waals surface area contributed by atoms with Crippen molar-refractivity contribution < 1.29 is 4.79 Å². The molecule has 1 atom stereocenters. The van der Waals surface area contributed by atoms with E-state index in [1.54, 1.807) is 6.07 Å². The molecule has 1 aromatic carbocycles. The third kappa shape index (κ3) is 2.64. The van der Waals surface area contributed by atoms with E-state index in [2.05, 4.69) is 30.1 Å². The predicted molar refractivity (Wildman–Crippen MR) is 101 cm³/mol. The summed E-state index contributed by atoms with van der Waals surface area (Å²) in [6.07, 6.45) is 2.30. The van der Waals surface area contributed by atoms with Crippen LogP contribution in [0.4, 0.5) is 0 Å². The maximum Gasteiger partial charge on any atom is 0.261 e. The van der Waals surface area contributed by atoms with Crippen molar-refractivity contribution in [1.29, 1.82) is 5.26 Å². The monoisotopic (exact) mass is 373 g/mol. The number of nitrogens with zero attached hydrogens (tertiary/aromatic N) is 2. The molecule has 130 valence electrons. The number of fused-ring (bicyclic) bond motifs is 4. The highest BCUT2D eigenvalue weighted by molar-refractivity contribution is 7.21. The quantitative estimate of drug-likeness (QED) is 0.864. The molecular weight excluding hydrogens is 354 g/mol. The molecule has 6 heteroatoms. The number of carbonyl (C=O) groups is 1. The van der Waals surface area contributed by atoms with E-state index in [1.165, 1.54) is 11.3 Å². The minimum absolute atomic E-state index is 0.0192. The third-order valence-corrected chi connectivity index (χ3v) is 7.33. The van der Waals surface area contributed by atoms with Crippen molar-refractivity contribution in [3.05, 3.63) is 33.7 Å². The summed E-state index contributed by atoms with van der Waals surface area (Å²) in [5.74, 6) is 0.496. The molecule has 2 aromatic rings. The largest absolute Gasteiger partial charge is 0.346 e. The topological polar surface area (TPSA) is 56.1 Å². The molecule has 1 amide bonds. The average molecular weight is 374 g/mol. The van der Waals surface area contributed by atoms with Gasteiger partial charge in [0.15, 0.2) is 0 Å². The lowest BCUT2D eigenvalue weighted by molar-refractivity contribution is -0.0377. The van der Waals surface area contributed by atoms with Gasteiger partial charge in [-0.2, -0.15) is 5.26 Å². The Kier molecular flexibility index (Phi) is 4.03. The minimum Gasteiger partial charge on any atom is -0.346 e. The van der Waals surface area contributed by atoms with Crippen molar-refractivity contribution in [2.24, 2.45) is 5.92 Å². The Hall–Kier alpha value is -1.61. The summed E-state index contributed by atoms with van der Waals surface area (Å²) in [5.41, 5.74) is 0.431. The Bertz CT molecular complexity index is 890. The lowest BCUT2D eigenvalue weighted by Crippen LogP contribution is -2.69.